The number of rotatable bonds is 7. The number of nitrogens with zero attached hydrogens (tertiary/aromatic N) is 4. The molecule has 2 fully saturated rings. The topological polar surface area (TPSA) is 72.9 Å². The number of anilines is 1. The first-order chi connectivity index (χ1) is 14.0. The molecule has 2 heterocycles. The molecule has 2 aliphatic rings. The second-order valence-corrected chi connectivity index (χ2v) is 8.45. The van der Waals surface area contributed by atoms with E-state index < -0.39 is 0 Å². The summed E-state index contributed by atoms with van der Waals surface area (Å²) in [6, 6.07) is 4.17. The minimum atomic E-state index is -0.306. The van der Waals surface area contributed by atoms with Crippen molar-refractivity contribution < 1.29 is 4.79 Å². The molecule has 1 aliphatic carbocycles. The van der Waals surface area contributed by atoms with Crippen LogP contribution in [0.4, 0.5) is 5.82 Å². The highest BCUT2D eigenvalue weighted by molar-refractivity contribution is 5.85. The normalized spacial score (nSPS) is 18.7. The fourth-order valence-corrected chi connectivity index (χ4v) is 4.44. The van der Waals surface area contributed by atoms with Crippen molar-refractivity contribution in [2.75, 3.05) is 45.2 Å². The van der Waals surface area contributed by atoms with Gasteiger partial charge in [-0.15, -0.1) is 0 Å². The van der Waals surface area contributed by atoms with E-state index in [1.54, 1.807) is 4.90 Å². The predicted molar refractivity (Wildman–Crippen MR) is 118 cm³/mol. The second kappa shape index (κ2) is 9.94. The summed E-state index contributed by atoms with van der Waals surface area (Å²) in [5.74, 6) is 2.04. The van der Waals surface area contributed by atoms with E-state index in [1.165, 1.54) is 12.8 Å². The van der Waals surface area contributed by atoms with Crippen LogP contribution in [0.5, 0.6) is 0 Å². The minimum Gasteiger partial charge on any atom is -0.357 e. The Kier molecular flexibility index (Phi) is 7.34. The zero-order valence-electron chi connectivity index (χ0n) is 18.2. The summed E-state index contributed by atoms with van der Waals surface area (Å²) in [6.07, 6.45) is 8.48. The van der Waals surface area contributed by atoms with Crippen LogP contribution < -0.4 is 15.5 Å². The molecule has 1 aromatic heterocycles. The van der Waals surface area contributed by atoms with Crippen LogP contribution in [-0.4, -0.2) is 62.0 Å². The van der Waals surface area contributed by atoms with Gasteiger partial charge in [-0.1, -0.05) is 12.8 Å². The molecular weight excluding hydrogens is 364 g/mol. The number of hydrogen-bond donors (Lipinski definition) is 2. The number of carbonyl (C=O) groups is 1. The van der Waals surface area contributed by atoms with Gasteiger partial charge in [0.15, 0.2) is 5.96 Å². The summed E-state index contributed by atoms with van der Waals surface area (Å²) in [6.45, 7) is 6.25. The van der Waals surface area contributed by atoms with Crippen molar-refractivity contribution in [3.8, 4) is 0 Å². The molecule has 7 nitrogen and oxygen atoms in total. The molecule has 0 bridgehead atoms. The third-order valence-electron chi connectivity index (χ3n) is 6.02. The SMILES string of the molecule is CCNC(=NCc1ccnc(N2CCCC2)c1)NCC1(C(=O)N(C)C)CCCC1. The third kappa shape index (κ3) is 5.40. The monoisotopic (exact) mass is 400 g/mol. The van der Waals surface area contributed by atoms with E-state index in [0.29, 0.717) is 13.1 Å². The Morgan fingerprint density at radius 3 is 2.59 bits per heavy atom. The number of carbonyl (C=O) groups excluding carboxylic acids is 1. The van der Waals surface area contributed by atoms with Gasteiger partial charge in [-0.2, -0.15) is 0 Å². The van der Waals surface area contributed by atoms with Gasteiger partial charge in [0, 0.05) is 46.5 Å². The fourth-order valence-electron chi connectivity index (χ4n) is 4.44. The molecular formula is C22H36N6O. The number of amides is 1. The van der Waals surface area contributed by atoms with Crippen molar-refractivity contribution in [1.82, 2.24) is 20.5 Å². The van der Waals surface area contributed by atoms with Crippen LogP contribution in [0.25, 0.3) is 0 Å². The number of hydrogen-bond acceptors (Lipinski definition) is 4. The summed E-state index contributed by atoms with van der Waals surface area (Å²) in [5.41, 5.74) is 0.846. The number of aliphatic imine (C=N–C) groups is 1. The summed E-state index contributed by atoms with van der Waals surface area (Å²) in [4.78, 5) is 26.2. The van der Waals surface area contributed by atoms with Crippen molar-refractivity contribution in [2.24, 2.45) is 10.4 Å². The highest BCUT2D eigenvalue weighted by atomic mass is 16.2. The van der Waals surface area contributed by atoms with Crippen LogP contribution in [0.3, 0.4) is 0 Å². The molecule has 0 spiro atoms. The highest BCUT2D eigenvalue weighted by Crippen LogP contribution is 2.38. The molecule has 1 saturated heterocycles. The van der Waals surface area contributed by atoms with Crippen molar-refractivity contribution in [3.05, 3.63) is 23.9 Å². The van der Waals surface area contributed by atoms with Gasteiger partial charge in [-0.3, -0.25) is 4.79 Å². The summed E-state index contributed by atoms with van der Waals surface area (Å²) < 4.78 is 0. The van der Waals surface area contributed by atoms with Gasteiger partial charge in [0.05, 0.1) is 12.0 Å². The van der Waals surface area contributed by atoms with E-state index in [0.717, 1.165) is 62.7 Å². The number of nitrogens with one attached hydrogen (secondary N) is 2. The molecule has 0 atom stereocenters. The summed E-state index contributed by atoms with van der Waals surface area (Å²) in [5, 5.41) is 6.76. The van der Waals surface area contributed by atoms with E-state index in [2.05, 4.69) is 33.5 Å². The van der Waals surface area contributed by atoms with Gasteiger partial charge >= 0.3 is 0 Å². The zero-order chi connectivity index (χ0) is 20.7. The lowest BCUT2D eigenvalue weighted by molar-refractivity contribution is -0.138. The largest absolute Gasteiger partial charge is 0.357 e. The Hall–Kier alpha value is -2.31. The van der Waals surface area contributed by atoms with Crippen molar-refractivity contribution in [1.29, 1.82) is 0 Å². The van der Waals surface area contributed by atoms with Crippen LogP contribution >= 0.6 is 0 Å². The Morgan fingerprint density at radius 2 is 1.93 bits per heavy atom. The molecule has 1 aromatic rings. The minimum absolute atomic E-state index is 0.225. The number of aromatic nitrogens is 1. The summed E-state index contributed by atoms with van der Waals surface area (Å²) >= 11 is 0. The Labute approximate surface area is 175 Å². The van der Waals surface area contributed by atoms with Crippen molar-refractivity contribution in [2.45, 2.75) is 52.0 Å². The van der Waals surface area contributed by atoms with Gasteiger partial charge in [-0.25, -0.2) is 9.98 Å². The second-order valence-electron chi connectivity index (χ2n) is 8.45. The Morgan fingerprint density at radius 1 is 1.21 bits per heavy atom. The van der Waals surface area contributed by atoms with E-state index >= 15 is 0 Å². The van der Waals surface area contributed by atoms with Crippen LogP contribution in [-0.2, 0) is 11.3 Å². The van der Waals surface area contributed by atoms with E-state index in [-0.39, 0.29) is 11.3 Å². The van der Waals surface area contributed by atoms with Gasteiger partial charge in [0.1, 0.15) is 5.82 Å². The average molecular weight is 401 g/mol. The molecule has 29 heavy (non-hydrogen) atoms. The van der Waals surface area contributed by atoms with Crippen LogP contribution in [0.2, 0.25) is 0 Å². The molecule has 1 saturated carbocycles. The number of guanidine groups is 1. The lowest BCUT2D eigenvalue weighted by atomic mass is 9.84. The van der Waals surface area contributed by atoms with Crippen LogP contribution in [0.15, 0.2) is 23.3 Å². The van der Waals surface area contributed by atoms with Gasteiger partial charge < -0.3 is 20.4 Å². The molecule has 2 N–H and O–H groups in total. The molecule has 0 unspecified atom stereocenters. The van der Waals surface area contributed by atoms with E-state index in [4.69, 9.17) is 4.99 Å². The maximum atomic E-state index is 12.8. The molecule has 0 radical (unpaired) electrons. The first kappa shape index (κ1) is 21.4. The molecule has 160 valence electrons. The maximum absolute atomic E-state index is 12.8. The fraction of sp³-hybridized carbons (Fsp3) is 0.682. The first-order valence-electron chi connectivity index (χ1n) is 11.0. The quantitative estimate of drug-likeness (QED) is 0.543. The van der Waals surface area contributed by atoms with Crippen molar-refractivity contribution in [3.63, 3.8) is 0 Å². The Bertz CT molecular complexity index is 705. The molecule has 1 amide bonds. The molecule has 3 rings (SSSR count). The average Bonchev–Trinajstić information content (AvgIpc) is 3.42. The van der Waals surface area contributed by atoms with Crippen LogP contribution in [0.1, 0.15) is 51.0 Å². The zero-order valence-corrected chi connectivity index (χ0v) is 18.2. The first-order valence-corrected chi connectivity index (χ1v) is 11.0. The predicted octanol–water partition coefficient (Wildman–Crippen LogP) is 2.39. The van der Waals surface area contributed by atoms with Crippen molar-refractivity contribution >= 4 is 17.7 Å². The van der Waals surface area contributed by atoms with Gasteiger partial charge in [0.25, 0.3) is 0 Å². The number of pyridine rings is 1. The van der Waals surface area contributed by atoms with E-state index in [9.17, 15) is 4.79 Å². The maximum Gasteiger partial charge on any atom is 0.230 e. The van der Waals surface area contributed by atoms with E-state index in [1.807, 2.05) is 26.4 Å². The van der Waals surface area contributed by atoms with Gasteiger partial charge in [-0.05, 0) is 50.3 Å². The lowest BCUT2D eigenvalue weighted by Gasteiger charge is -2.31. The van der Waals surface area contributed by atoms with Gasteiger partial charge in [0.2, 0.25) is 5.91 Å². The van der Waals surface area contributed by atoms with Crippen LogP contribution in [0, 0.1) is 5.41 Å². The highest BCUT2D eigenvalue weighted by Gasteiger charge is 2.42. The molecule has 7 heteroatoms. The third-order valence-corrected chi connectivity index (χ3v) is 6.02. The smallest absolute Gasteiger partial charge is 0.230 e. The standard InChI is InChI=1S/C22H36N6O/c1-4-23-21(26-17-22(10-5-6-11-22)20(29)27(2)3)25-16-18-9-12-24-19(15-18)28-13-7-8-14-28/h9,12,15H,4-8,10-11,13-14,16-17H2,1-3H3,(H2,23,25,26). The molecule has 0 aromatic carbocycles. The molecule has 1 aliphatic heterocycles. The lowest BCUT2D eigenvalue weighted by Crippen LogP contribution is -2.49. The summed E-state index contributed by atoms with van der Waals surface area (Å²) in [7, 11) is 3.70. The Balaban J connectivity index is 1.65.